The molecule has 0 saturated carbocycles. The van der Waals surface area contributed by atoms with Gasteiger partial charge in [-0.25, -0.2) is 0 Å². The molecule has 1 heterocycles. The number of hydrogen-bond donors (Lipinski definition) is 2. The van der Waals surface area contributed by atoms with Crippen LogP contribution >= 0.6 is 24.2 Å². The third kappa shape index (κ3) is 4.55. The molecule has 1 saturated heterocycles. The van der Waals surface area contributed by atoms with Gasteiger partial charge in [0, 0.05) is 25.3 Å². The van der Waals surface area contributed by atoms with E-state index >= 15 is 0 Å². The van der Waals surface area contributed by atoms with Crippen LogP contribution in [0, 0.1) is 5.92 Å². The van der Waals surface area contributed by atoms with E-state index in [2.05, 4.69) is 17.9 Å². The van der Waals surface area contributed by atoms with E-state index in [1.54, 1.807) is 17.0 Å². The molecule has 1 aromatic carbocycles. The maximum atomic E-state index is 11.9. The van der Waals surface area contributed by atoms with Gasteiger partial charge in [-0.15, -0.1) is 0 Å². The Morgan fingerprint density at radius 3 is 2.95 bits per heavy atom. The summed E-state index contributed by atoms with van der Waals surface area (Å²) < 4.78 is 5.57. The van der Waals surface area contributed by atoms with E-state index < -0.39 is 0 Å². The molecule has 1 atom stereocenters. The van der Waals surface area contributed by atoms with Crippen molar-refractivity contribution in [1.82, 2.24) is 10.2 Å². The van der Waals surface area contributed by atoms with Crippen molar-refractivity contribution in [2.45, 2.75) is 6.42 Å². The lowest BCUT2D eigenvalue weighted by Gasteiger charge is -2.17. The van der Waals surface area contributed by atoms with E-state index in [4.69, 9.17) is 16.3 Å². The minimum Gasteiger partial charge on any atom is -0.490 e. The summed E-state index contributed by atoms with van der Waals surface area (Å²) >= 11 is 10.0. The number of hydrogen-bond acceptors (Lipinski definition) is 4. The molecular weight excluding hydrogens is 324 g/mol. The molecule has 1 N–H and O–H groups in total. The van der Waals surface area contributed by atoms with E-state index in [9.17, 15) is 9.59 Å². The van der Waals surface area contributed by atoms with Gasteiger partial charge in [-0.2, -0.15) is 12.6 Å². The Hall–Kier alpha value is -1.40. The molecule has 1 unspecified atom stereocenters. The van der Waals surface area contributed by atoms with Crippen molar-refractivity contribution < 1.29 is 14.3 Å². The van der Waals surface area contributed by atoms with Gasteiger partial charge in [0.05, 0.1) is 17.5 Å². The normalized spacial score (nSPS) is 17.6. The second kappa shape index (κ2) is 8.29. The van der Waals surface area contributed by atoms with Crippen LogP contribution in [-0.4, -0.2) is 48.7 Å². The molecule has 0 aliphatic carbocycles. The molecule has 22 heavy (non-hydrogen) atoms. The fraction of sp³-hybridized carbons (Fsp3) is 0.467. The van der Waals surface area contributed by atoms with Crippen LogP contribution in [0.5, 0.6) is 5.75 Å². The summed E-state index contributed by atoms with van der Waals surface area (Å²) in [6, 6.07) is 7.19. The Morgan fingerprint density at radius 1 is 1.45 bits per heavy atom. The second-order valence-corrected chi connectivity index (χ2v) is 5.89. The van der Waals surface area contributed by atoms with Crippen molar-refractivity contribution in [2.24, 2.45) is 5.92 Å². The number of ether oxygens (including phenoxy) is 1. The molecule has 1 aliphatic rings. The average molecular weight is 343 g/mol. The highest BCUT2D eigenvalue weighted by atomic mass is 35.5. The van der Waals surface area contributed by atoms with Gasteiger partial charge in [-0.1, -0.05) is 23.7 Å². The molecule has 2 rings (SSSR count). The Bertz CT molecular complexity index is 541. The lowest BCUT2D eigenvalue weighted by molar-refractivity contribution is -0.129. The molecule has 0 aromatic heterocycles. The van der Waals surface area contributed by atoms with Crippen LogP contribution in [0.2, 0.25) is 5.02 Å². The summed E-state index contributed by atoms with van der Waals surface area (Å²) in [4.78, 5) is 25.4. The highest BCUT2D eigenvalue weighted by molar-refractivity contribution is 7.80. The van der Waals surface area contributed by atoms with Crippen molar-refractivity contribution in [3.8, 4) is 5.75 Å². The molecular formula is C15H19ClN2O3S. The van der Waals surface area contributed by atoms with Crippen molar-refractivity contribution in [3.05, 3.63) is 29.3 Å². The fourth-order valence-electron chi connectivity index (χ4n) is 2.31. The average Bonchev–Trinajstić information content (AvgIpc) is 2.88. The number of thiol groups is 1. The zero-order valence-electron chi connectivity index (χ0n) is 12.1. The number of amides is 2. The Morgan fingerprint density at radius 2 is 2.23 bits per heavy atom. The highest BCUT2D eigenvalue weighted by Gasteiger charge is 2.33. The lowest BCUT2D eigenvalue weighted by atomic mass is 10.1. The van der Waals surface area contributed by atoms with E-state index in [0.29, 0.717) is 42.8 Å². The number of nitrogens with one attached hydrogen (secondary N) is 1. The molecule has 1 aromatic rings. The van der Waals surface area contributed by atoms with E-state index in [0.717, 1.165) is 0 Å². The lowest BCUT2D eigenvalue weighted by Crippen LogP contribution is -2.35. The molecule has 1 aliphatic heterocycles. The zero-order valence-corrected chi connectivity index (χ0v) is 13.8. The van der Waals surface area contributed by atoms with Crippen molar-refractivity contribution in [1.29, 1.82) is 0 Å². The molecule has 0 spiro atoms. The molecule has 1 fully saturated rings. The summed E-state index contributed by atoms with van der Waals surface area (Å²) in [5.74, 6) is 0.791. The maximum absolute atomic E-state index is 11.9. The summed E-state index contributed by atoms with van der Waals surface area (Å²) in [6.07, 6.45) is 0.254. The number of carbonyl (C=O) groups excluding carboxylic acids is 2. The second-order valence-electron chi connectivity index (χ2n) is 5.03. The van der Waals surface area contributed by atoms with Gasteiger partial charge in [0.25, 0.3) is 0 Å². The minimum absolute atomic E-state index is 0.0196. The van der Waals surface area contributed by atoms with Gasteiger partial charge >= 0.3 is 0 Å². The SMILES string of the molecule is O=C(NCCS)C1CC(=O)N(CCOc2ccccc2Cl)C1. The Balaban J connectivity index is 1.78. The Kier molecular flexibility index (Phi) is 6.39. The minimum atomic E-state index is -0.285. The van der Waals surface area contributed by atoms with Gasteiger partial charge in [-0.05, 0) is 12.1 Å². The predicted molar refractivity (Wildman–Crippen MR) is 88.5 cm³/mol. The number of benzene rings is 1. The number of carbonyl (C=O) groups is 2. The van der Waals surface area contributed by atoms with E-state index in [1.807, 2.05) is 12.1 Å². The van der Waals surface area contributed by atoms with Crippen LogP contribution in [0.15, 0.2) is 24.3 Å². The molecule has 120 valence electrons. The first-order chi connectivity index (χ1) is 10.6. The smallest absolute Gasteiger partial charge is 0.225 e. The first kappa shape index (κ1) is 17.0. The standard InChI is InChI=1S/C15H19ClN2O3S/c16-12-3-1-2-4-13(12)21-7-6-18-10-11(9-14(18)19)15(20)17-5-8-22/h1-4,11,22H,5-10H2,(H,17,20). The monoisotopic (exact) mass is 342 g/mol. The largest absolute Gasteiger partial charge is 0.490 e. The topological polar surface area (TPSA) is 58.6 Å². The molecule has 0 bridgehead atoms. The maximum Gasteiger partial charge on any atom is 0.225 e. The quantitative estimate of drug-likeness (QED) is 0.740. The molecule has 5 nitrogen and oxygen atoms in total. The fourth-order valence-corrected chi connectivity index (χ4v) is 2.62. The summed E-state index contributed by atoms with van der Waals surface area (Å²) in [6.45, 7) is 1.74. The van der Waals surface area contributed by atoms with Crippen LogP contribution in [0.4, 0.5) is 0 Å². The Labute approximate surface area is 140 Å². The summed E-state index contributed by atoms with van der Waals surface area (Å²) in [5.41, 5.74) is 0. The van der Waals surface area contributed by atoms with Crippen molar-refractivity contribution in [2.75, 3.05) is 32.0 Å². The number of likely N-dealkylation sites (tertiary alicyclic amines) is 1. The van der Waals surface area contributed by atoms with Gasteiger partial charge in [0.2, 0.25) is 11.8 Å². The van der Waals surface area contributed by atoms with Crippen molar-refractivity contribution in [3.63, 3.8) is 0 Å². The van der Waals surface area contributed by atoms with E-state index in [1.165, 1.54) is 0 Å². The van der Waals surface area contributed by atoms with Crippen LogP contribution in [0.25, 0.3) is 0 Å². The van der Waals surface area contributed by atoms with Crippen LogP contribution in [0.1, 0.15) is 6.42 Å². The van der Waals surface area contributed by atoms with Gasteiger partial charge < -0.3 is 15.0 Å². The van der Waals surface area contributed by atoms with Crippen LogP contribution in [-0.2, 0) is 9.59 Å². The number of nitrogens with zero attached hydrogens (tertiary/aromatic N) is 1. The highest BCUT2D eigenvalue weighted by Crippen LogP contribution is 2.23. The van der Waals surface area contributed by atoms with Gasteiger partial charge in [-0.3, -0.25) is 9.59 Å². The summed E-state index contributed by atoms with van der Waals surface area (Å²) in [5, 5.41) is 3.30. The van der Waals surface area contributed by atoms with E-state index in [-0.39, 0.29) is 24.2 Å². The predicted octanol–water partition coefficient (Wildman–Crippen LogP) is 1.61. The van der Waals surface area contributed by atoms with Crippen LogP contribution < -0.4 is 10.1 Å². The molecule has 0 radical (unpaired) electrons. The first-order valence-electron chi connectivity index (χ1n) is 7.15. The number of para-hydroxylation sites is 1. The molecule has 2 amide bonds. The number of halogens is 1. The zero-order chi connectivity index (χ0) is 15.9. The first-order valence-corrected chi connectivity index (χ1v) is 8.16. The summed E-state index contributed by atoms with van der Waals surface area (Å²) in [7, 11) is 0. The van der Waals surface area contributed by atoms with Crippen molar-refractivity contribution >= 4 is 36.0 Å². The van der Waals surface area contributed by atoms with Crippen LogP contribution in [0.3, 0.4) is 0 Å². The molecule has 7 heteroatoms. The third-order valence-corrected chi connectivity index (χ3v) is 3.99. The van der Waals surface area contributed by atoms with Gasteiger partial charge in [0.15, 0.2) is 0 Å². The third-order valence-electron chi connectivity index (χ3n) is 3.45. The number of rotatable bonds is 7. The van der Waals surface area contributed by atoms with Gasteiger partial charge in [0.1, 0.15) is 12.4 Å².